The Bertz CT molecular complexity index is 651. The van der Waals surface area contributed by atoms with Crippen LogP contribution in [0.5, 0.6) is 0 Å². The molecule has 0 fully saturated rings. The van der Waals surface area contributed by atoms with Gasteiger partial charge in [-0.05, 0) is 12.0 Å². The molecule has 0 aliphatic carbocycles. The number of carboxylic acid groups (broad SMARTS) is 2. The molecule has 10 heteroatoms. The highest BCUT2D eigenvalue weighted by Gasteiger charge is 2.28. The Morgan fingerprint density at radius 3 is 2.04 bits per heavy atom. The topological polar surface area (TPSA) is 179 Å². The van der Waals surface area contributed by atoms with Gasteiger partial charge in [-0.15, -0.1) is 0 Å². The Morgan fingerprint density at radius 2 is 1.54 bits per heavy atom. The summed E-state index contributed by atoms with van der Waals surface area (Å²) in [5, 5.41) is 31.0. The van der Waals surface area contributed by atoms with Crippen LogP contribution >= 0.6 is 0 Å². The van der Waals surface area contributed by atoms with Crippen molar-refractivity contribution in [2.75, 3.05) is 6.61 Å². The number of nitrogens with one attached hydrogen (secondary N) is 2. The zero-order valence-corrected chi connectivity index (χ0v) is 13.8. The molecule has 0 heterocycles. The Morgan fingerprint density at radius 1 is 0.962 bits per heavy atom. The molecular formula is C16H21N3O7. The van der Waals surface area contributed by atoms with E-state index in [2.05, 4.69) is 5.32 Å². The Hall–Kier alpha value is -2.98. The van der Waals surface area contributed by atoms with Crippen molar-refractivity contribution >= 4 is 23.8 Å². The maximum absolute atomic E-state index is 12.1. The minimum absolute atomic E-state index is 0.198. The standard InChI is InChI=1S/C16H21N3O7/c17-10(6-9-4-2-1-3-5-9)14(23)19-12(8-20)15(24)18-11(16(25)26)7-13(21)22/h1-5,10-12,20H,6-8,17H2,(H,18,24)(H,19,23)(H,21,22)(H,25,26)/t10-,11-,12-/m0/s1. The van der Waals surface area contributed by atoms with Crippen LogP contribution in [-0.2, 0) is 25.6 Å². The summed E-state index contributed by atoms with van der Waals surface area (Å²) in [6, 6.07) is 4.76. The van der Waals surface area contributed by atoms with Crippen LogP contribution in [0.25, 0.3) is 0 Å². The third-order valence-electron chi connectivity index (χ3n) is 3.44. The normalized spacial score (nSPS) is 13.9. The molecule has 2 amide bonds. The van der Waals surface area contributed by atoms with Gasteiger partial charge in [0.15, 0.2) is 0 Å². The van der Waals surface area contributed by atoms with E-state index in [9.17, 15) is 24.3 Å². The highest BCUT2D eigenvalue weighted by atomic mass is 16.4. The van der Waals surface area contributed by atoms with Crippen molar-refractivity contribution in [3.63, 3.8) is 0 Å². The van der Waals surface area contributed by atoms with Crippen LogP contribution in [0.15, 0.2) is 30.3 Å². The van der Waals surface area contributed by atoms with Crippen molar-refractivity contribution in [3.8, 4) is 0 Å². The van der Waals surface area contributed by atoms with E-state index in [1.54, 1.807) is 30.3 Å². The number of carboxylic acids is 2. The van der Waals surface area contributed by atoms with Crippen molar-refractivity contribution in [2.24, 2.45) is 5.73 Å². The number of hydrogen-bond acceptors (Lipinski definition) is 6. The molecule has 0 saturated carbocycles. The third kappa shape index (κ3) is 6.87. The molecule has 10 nitrogen and oxygen atoms in total. The number of aliphatic carboxylic acids is 2. The van der Waals surface area contributed by atoms with Gasteiger partial charge in [-0.2, -0.15) is 0 Å². The van der Waals surface area contributed by atoms with Gasteiger partial charge in [0.2, 0.25) is 11.8 Å². The van der Waals surface area contributed by atoms with Crippen LogP contribution in [0, 0.1) is 0 Å². The van der Waals surface area contributed by atoms with Gasteiger partial charge in [0.05, 0.1) is 19.1 Å². The largest absolute Gasteiger partial charge is 0.481 e. The molecule has 1 aromatic carbocycles. The lowest BCUT2D eigenvalue weighted by molar-refractivity contribution is -0.147. The summed E-state index contributed by atoms with van der Waals surface area (Å²) < 4.78 is 0. The van der Waals surface area contributed by atoms with E-state index in [0.29, 0.717) is 0 Å². The molecule has 0 aliphatic heterocycles. The van der Waals surface area contributed by atoms with Crippen molar-refractivity contribution in [1.29, 1.82) is 0 Å². The van der Waals surface area contributed by atoms with Crippen LogP contribution in [0.4, 0.5) is 0 Å². The fourth-order valence-electron chi connectivity index (χ4n) is 2.08. The number of aliphatic hydroxyl groups is 1. The molecule has 1 aromatic rings. The Labute approximate surface area is 149 Å². The molecule has 0 saturated heterocycles. The van der Waals surface area contributed by atoms with Crippen LogP contribution in [-0.4, -0.2) is 63.8 Å². The van der Waals surface area contributed by atoms with Crippen LogP contribution in [0.1, 0.15) is 12.0 Å². The van der Waals surface area contributed by atoms with Gasteiger partial charge in [0.25, 0.3) is 0 Å². The maximum atomic E-state index is 12.1. The Balaban J connectivity index is 2.66. The zero-order valence-electron chi connectivity index (χ0n) is 13.8. The number of hydrogen-bond donors (Lipinski definition) is 6. The highest BCUT2D eigenvalue weighted by molar-refractivity contribution is 5.92. The molecule has 26 heavy (non-hydrogen) atoms. The quantitative estimate of drug-likeness (QED) is 0.277. The number of rotatable bonds is 10. The second-order valence-electron chi connectivity index (χ2n) is 5.54. The van der Waals surface area contributed by atoms with Gasteiger partial charge in [-0.3, -0.25) is 14.4 Å². The van der Waals surface area contributed by atoms with Crippen LogP contribution < -0.4 is 16.4 Å². The lowest BCUT2D eigenvalue weighted by Gasteiger charge is -2.21. The molecule has 0 radical (unpaired) electrons. The number of carbonyl (C=O) groups excluding carboxylic acids is 2. The molecule has 0 aromatic heterocycles. The number of aliphatic hydroxyl groups excluding tert-OH is 1. The number of nitrogens with two attached hydrogens (primary N) is 1. The Kier molecular flexibility index (Phi) is 8.19. The predicted molar refractivity (Wildman–Crippen MR) is 89.0 cm³/mol. The van der Waals surface area contributed by atoms with Gasteiger partial charge < -0.3 is 31.7 Å². The second kappa shape index (κ2) is 10.1. The molecule has 0 spiro atoms. The van der Waals surface area contributed by atoms with Crippen molar-refractivity contribution < 1.29 is 34.5 Å². The van der Waals surface area contributed by atoms with Crippen LogP contribution in [0.3, 0.4) is 0 Å². The SMILES string of the molecule is N[C@@H](Cc1ccccc1)C(=O)N[C@@H](CO)C(=O)N[C@@H](CC(=O)O)C(=O)O. The molecule has 7 N–H and O–H groups in total. The van der Waals surface area contributed by atoms with E-state index in [-0.39, 0.29) is 6.42 Å². The summed E-state index contributed by atoms with van der Waals surface area (Å²) in [4.78, 5) is 45.7. The first-order valence-corrected chi connectivity index (χ1v) is 7.70. The first-order valence-electron chi connectivity index (χ1n) is 7.70. The van der Waals surface area contributed by atoms with E-state index in [1.807, 2.05) is 5.32 Å². The maximum Gasteiger partial charge on any atom is 0.326 e. The van der Waals surface area contributed by atoms with Crippen molar-refractivity contribution in [2.45, 2.75) is 31.0 Å². The highest BCUT2D eigenvalue weighted by Crippen LogP contribution is 2.02. The van der Waals surface area contributed by atoms with E-state index in [0.717, 1.165) is 5.56 Å². The first kappa shape index (κ1) is 21.1. The molecule has 0 bridgehead atoms. The predicted octanol–water partition coefficient (Wildman–Crippen LogP) is -1.92. The monoisotopic (exact) mass is 367 g/mol. The minimum atomic E-state index is -1.69. The lowest BCUT2D eigenvalue weighted by atomic mass is 10.1. The van der Waals surface area contributed by atoms with E-state index >= 15 is 0 Å². The van der Waals surface area contributed by atoms with E-state index in [1.165, 1.54) is 0 Å². The molecule has 3 atom stereocenters. The fraction of sp³-hybridized carbons (Fsp3) is 0.375. The number of carbonyl (C=O) groups is 4. The average Bonchev–Trinajstić information content (AvgIpc) is 2.58. The summed E-state index contributed by atoms with van der Waals surface area (Å²) in [7, 11) is 0. The third-order valence-corrected chi connectivity index (χ3v) is 3.44. The van der Waals surface area contributed by atoms with Crippen LogP contribution in [0.2, 0.25) is 0 Å². The summed E-state index contributed by atoms with van der Waals surface area (Å²) >= 11 is 0. The van der Waals surface area contributed by atoms with E-state index in [4.69, 9.17) is 15.9 Å². The smallest absolute Gasteiger partial charge is 0.326 e. The number of benzene rings is 1. The summed E-state index contributed by atoms with van der Waals surface area (Å²) in [6.07, 6.45) is -0.649. The minimum Gasteiger partial charge on any atom is -0.481 e. The van der Waals surface area contributed by atoms with Crippen molar-refractivity contribution in [1.82, 2.24) is 10.6 Å². The lowest BCUT2D eigenvalue weighted by Crippen LogP contribution is -2.56. The van der Waals surface area contributed by atoms with Crippen molar-refractivity contribution in [3.05, 3.63) is 35.9 Å². The zero-order chi connectivity index (χ0) is 19.7. The number of amides is 2. The van der Waals surface area contributed by atoms with E-state index < -0.39 is 54.9 Å². The summed E-state index contributed by atoms with van der Waals surface area (Å²) in [6.45, 7) is -0.810. The summed E-state index contributed by atoms with van der Waals surface area (Å²) in [5.74, 6) is -4.72. The van der Waals surface area contributed by atoms with Gasteiger partial charge in [-0.25, -0.2) is 4.79 Å². The summed E-state index contributed by atoms with van der Waals surface area (Å²) in [5.41, 5.74) is 6.57. The average molecular weight is 367 g/mol. The van der Waals surface area contributed by atoms with Gasteiger partial charge in [-0.1, -0.05) is 30.3 Å². The first-order chi connectivity index (χ1) is 12.2. The fourth-order valence-corrected chi connectivity index (χ4v) is 2.08. The molecule has 142 valence electrons. The molecule has 0 unspecified atom stereocenters. The van der Waals surface area contributed by atoms with Gasteiger partial charge in [0, 0.05) is 0 Å². The molecular weight excluding hydrogens is 346 g/mol. The molecule has 0 aliphatic rings. The second-order valence-corrected chi connectivity index (χ2v) is 5.54. The van der Waals surface area contributed by atoms with Gasteiger partial charge >= 0.3 is 11.9 Å². The molecule has 1 rings (SSSR count). The van der Waals surface area contributed by atoms with Gasteiger partial charge in [0.1, 0.15) is 12.1 Å².